The molecule has 136 valence electrons. The van der Waals surface area contributed by atoms with Crippen LogP contribution < -0.4 is 10.2 Å². The van der Waals surface area contributed by atoms with Crippen molar-refractivity contribution in [2.24, 2.45) is 5.10 Å². The van der Waals surface area contributed by atoms with Crippen LogP contribution in [0.1, 0.15) is 24.0 Å². The third-order valence-electron chi connectivity index (χ3n) is 4.47. The lowest BCUT2D eigenvalue weighted by atomic mass is 10.1. The number of nitrogens with one attached hydrogen (secondary N) is 1. The lowest BCUT2D eigenvalue weighted by Crippen LogP contribution is -2.35. The van der Waals surface area contributed by atoms with Crippen LogP contribution in [0.3, 0.4) is 0 Å². The van der Waals surface area contributed by atoms with Crippen LogP contribution in [0.2, 0.25) is 0 Å². The molecule has 5 heteroatoms. The maximum atomic E-state index is 11.9. The fourth-order valence-electron chi connectivity index (χ4n) is 2.96. The number of ether oxygens (including phenoxy) is 1. The molecule has 0 spiro atoms. The molecule has 1 aliphatic rings. The number of likely N-dealkylation sites (tertiary alicyclic amines) is 1. The Morgan fingerprint density at radius 1 is 1.08 bits per heavy atom. The monoisotopic (exact) mass is 351 g/mol. The molecule has 0 radical (unpaired) electrons. The summed E-state index contributed by atoms with van der Waals surface area (Å²) >= 11 is 0. The quantitative estimate of drug-likeness (QED) is 0.814. The molecule has 0 bridgehead atoms. The second kappa shape index (κ2) is 9.15. The number of piperidine rings is 1. The Morgan fingerprint density at radius 2 is 1.77 bits per heavy atom. The molecule has 0 aromatic heterocycles. The van der Waals surface area contributed by atoms with E-state index in [0.29, 0.717) is 0 Å². The van der Waals surface area contributed by atoms with Crippen molar-refractivity contribution in [1.82, 2.24) is 10.3 Å². The Balaban J connectivity index is 1.39. The average Bonchev–Trinajstić information content (AvgIpc) is 2.68. The molecule has 2 aromatic rings. The summed E-state index contributed by atoms with van der Waals surface area (Å²) in [6.07, 6.45) is 1.76. The van der Waals surface area contributed by atoms with Crippen molar-refractivity contribution >= 4 is 11.6 Å². The van der Waals surface area contributed by atoms with Crippen LogP contribution in [-0.4, -0.2) is 36.2 Å². The van der Waals surface area contributed by atoms with Crippen molar-refractivity contribution < 1.29 is 9.53 Å². The van der Waals surface area contributed by atoms with E-state index in [2.05, 4.69) is 39.7 Å². The van der Waals surface area contributed by atoms with Gasteiger partial charge in [-0.15, -0.1) is 0 Å². The standard InChI is InChI=1S/C21H25N3O2/c1-17-7-5-6-10-20(17)26-16-21(25)23-22-19-11-13-24(14-12-19)15-18-8-3-2-4-9-18/h2-10H,11-16H2,1H3,(H,23,25). The van der Waals surface area contributed by atoms with Gasteiger partial charge in [-0.1, -0.05) is 48.5 Å². The molecule has 3 rings (SSSR count). The summed E-state index contributed by atoms with van der Waals surface area (Å²) in [4.78, 5) is 14.3. The molecule has 0 saturated carbocycles. The molecule has 1 aliphatic heterocycles. The molecule has 26 heavy (non-hydrogen) atoms. The van der Waals surface area contributed by atoms with Gasteiger partial charge in [0.2, 0.25) is 0 Å². The van der Waals surface area contributed by atoms with Gasteiger partial charge in [0.15, 0.2) is 6.61 Å². The topological polar surface area (TPSA) is 53.9 Å². The smallest absolute Gasteiger partial charge is 0.277 e. The number of carbonyl (C=O) groups is 1. The maximum absolute atomic E-state index is 11.9. The largest absolute Gasteiger partial charge is 0.483 e. The summed E-state index contributed by atoms with van der Waals surface area (Å²) in [5, 5.41) is 4.27. The van der Waals surface area contributed by atoms with Crippen molar-refractivity contribution in [1.29, 1.82) is 0 Å². The SMILES string of the molecule is Cc1ccccc1OCC(=O)NN=C1CCN(Cc2ccccc2)CC1. The minimum absolute atomic E-state index is 0.0260. The van der Waals surface area contributed by atoms with Crippen molar-refractivity contribution in [2.75, 3.05) is 19.7 Å². The van der Waals surface area contributed by atoms with E-state index < -0.39 is 0 Å². The normalized spacial score (nSPS) is 14.7. The van der Waals surface area contributed by atoms with Crippen LogP contribution in [0, 0.1) is 6.92 Å². The second-order valence-corrected chi connectivity index (χ2v) is 6.53. The summed E-state index contributed by atoms with van der Waals surface area (Å²) in [5.41, 5.74) is 5.99. The average molecular weight is 351 g/mol. The molecule has 0 atom stereocenters. The molecule has 1 N–H and O–H groups in total. The van der Waals surface area contributed by atoms with Crippen molar-refractivity contribution in [2.45, 2.75) is 26.3 Å². The second-order valence-electron chi connectivity index (χ2n) is 6.53. The van der Waals surface area contributed by atoms with Gasteiger partial charge in [0.1, 0.15) is 5.75 Å². The van der Waals surface area contributed by atoms with E-state index in [0.717, 1.165) is 49.5 Å². The summed E-state index contributed by atoms with van der Waals surface area (Å²) in [5.74, 6) is 0.497. The van der Waals surface area contributed by atoms with E-state index in [9.17, 15) is 4.79 Å². The highest BCUT2D eigenvalue weighted by Gasteiger charge is 2.15. The molecular formula is C21H25N3O2. The number of para-hydroxylation sites is 1. The van der Waals surface area contributed by atoms with Crippen LogP contribution >= 0.6 is 0 Å². The number of rotatable bonds is 6. The van der Waals surface area contributed by atoms with E-state index in [1.165, 1.54) is 5.56 Å². The van der Waals surface area contributed by atoms with Gasteiger partial charge in [0.25, 0.3) is 5.91 Å². The van der Waals surface area contributed by atoms with Crippen LogP contribution in [0.5, 0.6) is 5.75 Å². The van der Waals surface area contributed by atoms with Crippen molar-refractivity contribution in [3.05, 3.63) is 65.7 Å². The summed E-state index contributed by atoms with van der Waals surface area (Å²) in [7, 11) is 0. The Kier molecular flexibility index (Phi) is 6.39. The first-order chi connectivity index (χ1) is 12.7. The van der Waals surface area contributed by atoms with Crippen LogP contribution in [0.25, 0.3) is 0 Å². The van der Waals surface area contributed by atoms with E-state index in [4.69, 9.17) is 4.74 Å². The fourth-order valence-corrected chi connectivity index (χ4v) is 2.96. The first kappa shape index (κ1) is 18.1. The number of nitrogens with zero attached hydrogens (tertiary/aromatic N) is 2. The predicted octanol–water partition coefficient (Wildman–Crippen LogP) is 3.14. The molecule has 1 fully saturated rings. The van der Waals surface area contributed by atoms with E-state index in [-0.39, 0.29) is 12.5 Å². The van der Waals surface area contributed by atoms with Gasteiger partial charge in [-0.3, -0.25) is 9.69 Å². The summed E-state index contributed by atoms with van der Waals surface area (Å²) in [6.45, 7) is 4.82. The Labute approximate surface area is 154 Å². The fraction of sp³-hybridized carbons (Fsp3) is 0.333. The van der Waals surface area contributed by atoms with Gasteiger partial charge in [0, 0.05) is 38.2 Å². The molecule has 5 nitrogen and oxygen atoms in total. The Bertz CT molecular complexity index is 749. The zero-order valence-corrected chi connectivity index (χ0v) is 15.1. The molecule has 1 amide bonds. The third kappa shape index (κ3) is 5.43. The van der Waals surface area contributed by atoms with Crippen LogP contribution in [0.4, 0.5) is 0 Å². The molecule has 1 heterocycles. The van der Waals surface area contributed by atoms with Gasteiger partial charge in [-0.05, 0) is 24.1 Å². The Morgan fingerprint density at radius 3 is 2.50 bits per heavy atom. The zero-order chi connectivity index (χ0) is 18.2. The van der Waals surface area contributed by atoms with Gasteiger partial charge < -0.3 is 4.74 Å². The summed E-state index contributed by atoms with van der Waals surface area (Å²) in [6, 6.07) is 18.1. The minimum Gasteiger partial charge on any atom is -0.483 e. The number of benzene rings is 2. The molecule has 1 saturated heterocycles. The van der Waals surface area contributed by atoms with Crippen LogP contribution in [-0.2, 0) is 11.3 Å². The number of hydrogen-bond donors (Lipinski definition) is 1. The Hall–Kier alpha value is -2.66. The van der Waals surface area contributed by atoms with Crippen molar-refractivity contribution in [3.63, 3.8) is 0 Å². The minimum atomic E-state index is -0.229. The molecular weight excluding hydrogens is 326 g/mol. The molecule has 0 unspecified atom stereocenters. The number of hydrazone groups is 1. The van der Waals surface area contributed by atoms with Gasteiger partial charge in [-0.25, -0.2) is 5.43 Å². The summed E-state index contributed by atoms with van der Waals surface area (Å²) < 4.78 is 5.53. The van der Waals surface area contributed by atoms with Gasteiger partial charge >= 0.3 is 0 Å². The number of aryl methyl sites for hydroxylation is 1. The third-order valence-corrected chi connectivity index (χ3v) is 4.47. The first-order valence-corrected chi connectivity index (χ1v) is 9.00. The van der Waals surface area contributed by atoms with Gasteiger partial charge in [-0.2, -0.15) is 5.10 Å². The predicted molar refractivity (Wildman–Crippen MR) is 103 cm³/mol. The first-order valence-electron chi connectivity index (χ1n) is 9.00. The molecule has 0 aliphatic carbocycles. The zero-order valence-electron chi connectivity index (χ0n) is 15.1. The maximum Gasteiger partial charge on any atom is 0.277 e. The number of carbonyl (C=O) groups excluding carboxylic acids is 1. The van der Waals surface area contributed by atoms with Crippen LogP contribution in [0.15, 0.2) is 59.7 Å². The van der Waals surface area contributed by atoms with E-state index in [1.54, 1.807) is 0 Å². The highest BCUT2D eigenvalue weighted by atomic mass is 16.5. The lowest BCUT2D eigenvalue weighted by molar-refractivity contribution is -0.123. The van der Waals surface area contributed by atoms with Crippen molar-refractivity contribution in [3.8, 4) is 5.75 Å². The number of hydrogen-bond acceptors (Lipinski definition) is 4. The van der Waals surface area contributed by atoms with E-state index in [1.807, 2.05) is 37.3 Å². The highest BCUT2D eigenvalue weighted by molar-refractivity contribution is 5.87. The molecule has 2 aromatic carbocycles. The lowest BCUT2D eigenvalue weighted by Gasteiger charge is -2.27. The number of amides is 1. The van der Waals surface area contributed by atoms with Gasteiger partial charge in [0.05, 0.1) is 0 Å². The highest BCUT2D eigenvalue weighted by Crippen LogP contribution is 2.16. The van der Waals surface area contributed by atoms with E-state index >= 15 is 0 Å².